The van der Waals surface area contributed by atoms with Crippen LogP contribution >= 0.6 is 0 Å². The van der Waals surface area contributed by atoms with Crippen molar-refractivity contribution in [3.05, 3.63) is 64.7 Å². The van der Waals surface area contributed by atoms with E-state index in [1.165, 1.54) is 38.1 Å². The fourth-order valence-electron chi connectivity index (χ4n) is 7.41. The highest BCUT2D eigenvalue weighted by atomic mass is 32.2. The SMILES string of the molecule is Cc1cccc(C)c1-c1nc(NS(=O)c2cccc(C(=O)O)c2)nc(OC[C@@H](CC(C)(C)C(F)(F)F)NC2CC3(CCN(C(=O)OC(C)(C)C)CC3)C2)c1C. The highest BCUT2D eigenvalue weighted by Gasteiger charge is 2.50. The quantitative estimate of drug-likeness (QED) is 0.165. The van der Waals surface area contributed by atoms with Gasteiger partial charge in [-0.15, -0.1) is 0 Å². The van der Waals surface area contributed by atoms with Crippen LogP contribution in [0, 0.1) is 31.6 Å². The Labute approximate surface area is 323 Å². The molecule has 3 aromatic rings. The molecule has 1 amide bonds. The van der Waals surface area contributed by atoms with Crippen molar-refractivity contribution in [3.63, 3.8) is 0 Å². The van der Waals surface area contributed by atoms with Gasteiger partial charge in [0, 0.05) is 36.3 Å². The van der Waals surface area contributed by atoms with Crippen LogP contribution in [0.15, 0.2) is 47.4 Å². The number of benzene rings is 2. The molecule has 0 bridgehead atoms. The molecular weight excluding hydrogens is 736 g/mol. The maximum absolute atomic E-state index is 14.2. The average molecular weight is 788 g/mol. The molecule has 3 N–H and O–H groups in total. The van der Waals surface area contributed by atoms with Gasteiger partial charge in [0.1, 0.15) is 12.2 Å². The molecule has 300 valence electrons. The topological polar surface area (TPSA) is 143 Å². The Bertz CT molecular complexity index is 1900. The number of carboxylic acid groups (broad SMARTS) is 1. The molecule has 5 rings (SSSR count). The molecule has 1 saturated carbocycles. The van der Waals surface area contributed by atoms with Gasteiger partial charge in [0.15, 0.2) is 11.0 Å². The average Bonchev–Trinajstić information content (AvgIpc) is 3.06. The highest BCUT2D eigenvalue weighted by molar-refractivity contribution is 7.86. The largest absolute Gasteiger partial charge is 0.478 e. The Kier molecular flexibility index (Phi) is 12.3. The van der Waals surface area contributed by atoms with Crippen LogP contribution in [0.1, 0.15) is 93.8 Å². The van der Waals surface area contributed by atoms with Gasteiger partial charge >= 0.3 is 18.2 Å². The lowest BCUT2D eigenvalue weighted by Gasteiger charge is -2.53. The lowest BCUT2D eigenvalue weighted by atomic mass is 9.60. The van der Waals surface area contributed by atoms with Gasteiger partial charge in [-0.05, 0) is 108 Å². The fourth-order valence-corrected chi connectivity index (χ4v) is 8.22. The van der Waals surface area contributed by atoms with Crippen molar-refractivity contribution in [3.8, 4) is 17.1 Å². The standard InChI is InChI=1S/C40H52F3N5O6S/c1-24-11-9-12-25(2)31(24)32-26(3)33(46-35(45-32)47-55(52)30-14-10-13-27(19-30)34(49)50)53-23-29(20-38(7,8)40(41,42)43)44-28-21-39(22-28)15-17-48(18-16-39)36(51)54-37(4,5)6/h9-14,19,28-29,44H,15-18,20-23H2,1-8H3,(H,49,50)(H,45,46,47)/t29-,55?/m1/s1. The molecule has 2 fully saturated rings. The van der Waals surface area contributed by atoms with Gasteiger partial charge in [-0.25, -0.2) is 18.8 Å². The first-order valence-corrected chi connectivity index (χ1v) is 19.6. The van der Waals surface area contributed by atoms with Gasteiger partial charge in [0.05, 0.1) is 21.6 Å². The summed E-state index contributed by atoms with van der Waals surface area (Å²) in [6, 6.07) is 10.7. The first-order chi connectivity index (χ1) is 25.6. The summed E-state index contributed by atoms with van der Waals surface area (Å²) in [5, 5.41) is 12.9. The van der Waals surface area contributed by atoms with Crippen molar-refractivity contribution < 1.29 is 41.5 Å². The molecule has 15 heteroatoms. The van der Waals surface area contributed by atoms with Crippen LogP contribution in [-0.4, -0.2) is 79.8 Å². The zero-order chi connectivity index (χ0) is 40.5. The number of piperidine rings is 1. The van der Waals surface area contributed by atoms with E-state index in [-0.39, 0.29) is 52.9 Å². The van der Waals surface area contributed by atoms with Gasteiger partial charge < -0.3 is 24.8 Å². The van der Waals surface area contributed by atoms with E-state index in [9.17, 15) is 32.1 Å². The number of aromatic nitrogens is 2. The summed E-state index contributed by atoms with van der Waals surface area (Å²) in [6.45, 7) is 14.5. The van der Waals surface area contributed by atoms with Gasteiger partial charge in [-0.2, -0.15) is 18.2 Å². The monoisotopic (exact) mass is 787 g/mol. The van der Waals surface area contributed by atoms with Crippen molar-refractivity contribution in [1.29, 1.82) is 0 Å². The number of rotatable bonds is 12. The number of carbonyl (C=O) groups excluding carboxylic acids is 1. The predicted molar refractivity (Wildman–Crippen MR) is 204 cm³/mol. The van der Waals surface area contributed by atoms with Crippen molar-refractivity contribution in [2.75, 3.05) is 24.4 Å². The number of hydrogen-bond donors (Lipinski definition) is 3. The first-order valence-electron chi connectivity index (χ1n) is 18.5. The van der Waals surface area contributed by atoms with E-state index in [2.05, 4.69) is 15.0 Å². The van der Waals surface area contributed by atoms with Gasteiger partial charge in [0.25, 0.3) is 0 Å². The number of amides is 1. The molecule has 1 aliphatic heterocycles. The summed E-state index contributed by atoms with van der Waals surface area (Å²) in [7, 11) is -1.96. The number of nitrogens with zero attached hydrogens (tertiary/aromatic N) is 3. The van der Waals surface area contributed by atoms with E-state index < -0.39 is 40.2 Å². The summed E-state index contributed by atoms with van der Waals surface area (Å²) < 4.78 is 70.8. The molecule has 1 saturated heterocycles. The molecule has 2 aliphatic rings. The van der Waals surface area contributed by atoms with Crippen molar-refractivity contribution in [2.24, 2.45) is 10.8 Å². The minimum atomic E-state index is -4.46. The number of anilines is 1. The molecule has 1 aromatic heterocycles. The normalized spacial score (nSPS) is 17.3. The Morgan fingerprint density at radius 3 is 2.20 bits per heavy atom. The van der Waals surface area contributed by atoms with Crippen LogP contribution in [0.5, 0.6) is 5.88 Å². The van der Waals surface area contributed by atoms with E-state index in [0.717, 1.165) is 42.4 Å². The summed E-state index contributed by atoms with van der Waals surface area (Å²) in [4.78, 5) is 35.3. The van der Waals surface area contributed by atoms with Crippen molar-refractivity contribution >= 4 is 29.0 Å². The molecule has 2 atom stereocenters. The lowest BCUT2D eigenvalue weighted by Crippen LogP contribution is -2.58. The number of carboxylic acids is 1. The third kappa shape index (κ3) is 10.1. The van der Waals surface area contributed by atoms with E-state index in [0.29, 0.717) is 24.3 Å². The molecule has 11 nitrogen and oxygen atoms in total. The first kappa shape index (κ1) is 41.9. The minimum absolute atomic E-state index is 0.00484. The number of carbonyl (C=O) groups is 2. The Morgan fingerprint density at radius 1 is 1.00 bits per heavy atom. The summed E-state index contributed by atoms with van der Waals surface area (Å²) in [6.07, 6.45) is -1.93. The molecule has 1 aliphatic carbocycles. The van der Waals surface area contributed by atoms with Crippen molar-refractivity contribution in [1.82, 2.24) is 20.2 Å². The van der Waals surface area contributed by atoms with E-state index in [4.69, 9.17) is 14.5 Å². The van der Waals surface area contributed by atoms with E-state index in [1.807, 2.05) is 52.8 Å². The van der Waals surface area contributed by atoms with E-state index >= 15 is 0 Å². The summed E-state index contributed by atoms with van der Waals surface area (Å²) in [5.41, 5.74) is 1.04. The number of hydrogen-bond acceptors (Lipinski definition) is 8. The number of aromatic carboxylic acids is 1. The number of halogens is 3. The number of alkyl halides is 3. The molecule has 1 spiro atoms. The number of nitrogens with one attached hydrogen (secondary N) is 2. The van der Waals surface area contributed by atoms with Crippen molar-refractivity contribution in [2.45, 2.75) is 116 Å². The Balaban J connectivity index is 1.37. The molecule has 2 aromatic carbocycles. The van der Waals surface area contributed by atoms with Gasteiger partial charge in [0.2, 0.25) is 11.8 Å². The predicted octanol–water partition coefficient (Wildman–Crippen LogP) is 8.40. The lowest BCUT2D eigenvalue weighted by molar-refractivity contribution is -0.216. The third-order valence-electron chi connectivity index (χ3n) is 10.5. The number of likely N-dealkylation sites (tertiary alicyclic amines) is 1. The number of ether oxygens (including phenoxy) is 2. The zero-order valence-electron chi connectivity index (χ0n) is 32.7. The maximum Gasteiger partial charge on any atom is 0.410 e. The van der Waals surface area contributed by atoms with Crippen LogP contribution < -0.4 is 14.8 Å². The Hall–Kier alpha value is -4.24. The zero-order valence-corrected chi connectivity index (χ0v) is 33.5. The van der Waals surface area contributed by atoms with Gasteiger partial charge in [-0.1, -0.05) is 38.1 Å². The molecule has 55 heavy (non-hydrogen) atoms. The maximum atomic E-state index is 14.2. The Morgan fingerprint density at radius 2 is 1.62 bits per heavy atom. The molecule has 0 radical (unpaired) electrons. The summed E-state index contributed by atoms with van der Waals surface area (Å²) in [5.74, 6) is -1.12. The molecule has 1 unspecified atom stereocenters. The fraction of sp³-hybridized carbons (Fsp3) is 0.550. The van der Waals surface area contributed by atoms with Crippen LogP contribution in [0.25, 0.3) is 11.3 Å². The van der Waals surface area contributed by atoms with E-state index in [1.54, 1.807) is 11.8 Å². The molecular formula is C40H52F3N5O6S. The van der Waals surface area contributed by atoms with Crippen LogP contribution in [-0.2, 0) is 15.7 Å². The minimum Gasteiger partial charge on any atom is -0.478 e. The van der Waals surface area contributed by atoms with Gasteiger partial charge in [-0.3, -0.25) is 4.72 Å². The smallest absolute Gasteiger partial charge is 0.410 e. The van der Waals surface area contributed by atoms with Crippen LogP contribution in [0.4, 0.5) is 23.9 Å². The third-order valence-corrected chi connectivity index (χ3v) is 11.6. The number of aryl methyl sites for hydroxylation is 2. The van der Waals surface area contributed by atoms with Crippen LogP contribution in [0.2, 0.25) is 0 Å². The highest BCUT2D eigenvalue weighted by Crippen LogP contribution is 2.50. The second-order valence-electron chi connectivity index (χ2n) is 16.6. The summed E-state index contributed by atoms with van der Waals surface area (Å²) >= 11 is 0. The van der Waals surface area contributed by atoms with Crippen LogP contribution in [0.3, 0.4) is 0 Å². The second-order valence-corrected chi connectivity index (χ2v) is 17.8. The molecule has 2 heterocycles. The second kappa shape index (κ2) is 16.1.